The Kier molecular flexibility index (Phi) is 4.25. The minimum Gasteiger partial charge on any atom is -0.497 e. The SMILES string of the molecule is COc1ccc2ccnc(NC(C)CN3CCCC3)c2c1. The fourth-order valence-electron chi connectivity index (χ4n) is 3.02. The maximum atomic E-state index is 5.33. The Hall–Kier alpha value is -1.81. The summed E-state index contributed by atoms with van der Waals surface area (Å²) in [5, 5.41) is 5.85. The standard InChI is InChI=1S/C17H23N3O/c1-13(12-20-9-3-4-10-20)19-17-16-11-15(21-2)6-5-14(16)7-8-18-17/h5-8,11,13H,3-4,9-10,12H2,1-2H3,(H,18,19). The van der Waals surface area contributed by atoms with Gasteiger partial charge in [-0.2, -0.15) is 0 Å². The molecule has 1 N–H and O–H groups in total. The molecular formula is C17H23N3O. The molecule has 2 heterocycles. The second kappa shape index (κ2) is 6.31. The zero-order valence-corrected chi connectivity index (χ0v) is 12.8. The lowest BCUT2D eigenvalue weighted by Crippen LogP contribution is -2.33. The molecule has 1 saturated heterocycles. The molecule has 0 bridgehead atoms. The van der Waals surface area contributed by atoms with Gasteiger partial charge >= 0.3 is 0 Å². The average molecular weight is 285 g/mol. The van der Waals surface area contributed by atoms with E-state index in [-0.39, 0.29) is 0 Å². The van der Waals surface area contributed by atoms with Crippen LogP contribution < -0.4 is 10.1 Å². The molecule has 0 spiro atoms. The Morgan fingerprint density at radius 1 is 1.29 bits per heavy atom. The monoisotopic (exact) mass is 285 g/mol. The summed E-state index contributed by atoms with van der Waals surface area (Å²) in [5.74, 6) is 1.81. The lowest BCUT2D eigenvalue weighted by molar-refractivity contribution is 0.327. The van der Waals surface area contributed by atoms with Gasteiger partial charge in [0, 0.05) is 24.2 Å². The van der Waals surface area contributed by atoms with Gasteiger partial charge in [-0.3, -0.25) is 0 Å². The van der Waals surface area contributed by atoms with E-state index in [9.17, 15) is 0 Å². The van der Waals surface area contributed by atoms with E-state index in [4.69, 9.17) is 4.74 Å². The van der Waals surface area contributed by atoms with Crippen molar-refractivity contribution in [3.8, 4) is 5.75 Å². The number of nitrogens with zero attached hydrogens (tertiary/aromatic N) is 2. The van der Waals surface area contributed by atoms with Gasteiger partial charge in [-0.05, 0) is 56.4 Å². The van der Waals surface area contributed by atoms with Crippen molar-refractivity contribution in [1.82, 2.24) is 9.88 Å². The Balaban J connectivity index is 1.78. The average Bonchev–Trinajstić information content (AvgIpc) is 3.00. The predicted molar refractivity (Wildman–Crippen MR) is 87.1 cm³/mol. The van der Waals surface area contributed by atoms with E-state index in [1.165, 1.54) is 31.3 Å². The van der Waals surface area contributed by atoms with Gasteiger partial charge in [0.1, 0.15) is 11.6 Å². The molecule has 2 aromatic rings. The first-order valence-corrected chi connectivity index (χ1v) is 7.68. The van der Waals surface area contributed by atoms with Crippen LogP contribution in [0.15, 0.2) is 30.5 Å². The molecule has 1 aliphatic heterocycles. The number of likely N-dealkylation sites (tertiary alicyclic amines) is 1. The molecule has 1 fully saturated rings. The predicted octanol–water partition coefficient (Wildman–Crippen LogP) is 3.14. The van der Waals surface area contributed by atoms with Crippen LogP contribution in [0.25, 0.3) is 10.8 Å². The van der Waals surface area contributed by atoms with Crippen LogP contribution in [-0.2, 0) is 0 Å². The van der Waals surface area contributed by atoms with Crippen molar-refractivity contribution in [2.45, 2.75) is 25.8 Å². The van der Waals surface area contributed by atoms with Crippen LogP contribution in [0.1, 0.15) is 19.8 Å². The minimum absolute atomic E-state index is 0.382. The highest BCUT2D eigenvalue weighted by atomic mass is 16.5. The van der Waals surface area contributed by atoms with Gasteiger partial charge in [0.25, 0.3) is 0 Å². The highest BCUT2D eigenvalue weighted by Crippen LogP contribution is 2.26. The Morgan fingerprint density at radius 2 is 2.10 bits per heavy atom. The van der Waals surface area contributed by atoms with Gasteiger partial charge in [-0.1, -0.05) is 6.07 Å². The summed E-state index contributed by atoms with van der Waals surface area (Å²) in [4.78, 5) is 7.03. The van der Waals surface area contributed by atoms with E-state index in [0.717, 1.165) is 23.5 Å². The van der Waals surface area contributed by atoms with E-state index in [2.05, 4.69) is 28.2 Å². The van der Waals surface area contributed by atoms with Crippen LogP contribution in [0.5, 0.6) is 5.75 Å². The van der Waals surface area contributed by atoms with Crippen LogP contribution in [0.3, 0.4) is 0 Å². The lowest BCUT2D eigenvalue weighted by Gasteiger charge is -2.22. The zero-order chi connectivity index (χ0) is 14.7. The zero-order valence-electron chi connectivity index (χ0n) is 12.8. The van der Waals surface area contributed by atoms with E-state index in [1.807, 2.05) is 24.4 Å². The largest absolute Gasteiger partial charge is 0.497 e. The van der Waals surface area contributed by atoms with Crippen molar-refractivity contribution < 1.29 is 4.74 Å². The maximum absolute atomic E-state index is 5.33. The molecule has 0 radical (unpaired) electrons. The van der Waals surface area contributed by atoms with Gasteiger partial charge in [-0.15, -0.1) is 0 Å². The molecular weight excluding hydrogens is 262 g/mol. The summed E-state index contributed by atoms with van der Waals surface area (Å²) in [6, 6.07) is 8.52. The summed E-state index contributed by atoms with van der Waals surface area (Å²) in [7, 11) is 1.70. The highest BCUT2D eigenvalue weighted by molar-refractivity contribution is 5.92. The molecule has 1 aromatic heterocycles. The third kappa shape index (κ3) is 3.27. The molecule has 4 nitrogen and oxygen atoms in total. The van der Waals surface area contributed by atoms with Crippen LogP contribution in [0.2, 0.25) is 0 Å². The fourth-order valence-corrected chi connectivity index (χ4v) is 3.02. The molecule has 1 aromatic carbocycles. The number of hydrogen-bond donors (Lipinski definition) is 1. The van der Waals surface area contributed by atoms with Crippen molar-refractivity contribution in [3.63, 3.8) is 0 Å². The smallest absolute Gasteiger partial charge is 0.134 e. The van der Waals surface area contributed by atoms with Crippen LogP contribution in [0.4, 0.5) is 5.82 Å². The highest BCUT2D eigenvalue weighted by Gasteiger charge is 2.15. The second-order valence-electron chi connectivity index (χ2n) is 5.80. The normalized spacial score (nSPS) is 17.0. The molecule has 21 heavy (non-hydrogen) atoms. The number of nitrogens with one attached hydrogen (secondary N) is 1. The van der Waals surface area contributed by atoms with Crippen LogP contribution >= 0.6 is 0 Å². The summed E-state index contributed by atoms with van der Waals surface area (Å²) < 4.78 is 5.33. The second-order valence-corrected chi connectivity index (χ2v) is 5.80. The molecule has 0 saturated carbocycles. The topological polar surface area (TPSA) is 37.4 Å². The number of anilines is 1. The van der Waals surface area contributed by atoms with Crippen molar-refractivity contribution in [2.75, 3.05) is 32.1 Å². The number of benzene rings is 1. The number of pyridine rings is 1. The Bertz CT molecular complexity index is 608. The number of fused-ring (bicyclic) bond motifs is 1. The summed E-state index contributed by atoms with van der Waals surface area (Å²) in [6.07, 6.45) is 4.52. The third-order valence-electron chi connectivity index (χ3n) is 4.09. The molecule has 1 atom stereocenters. The molecule has 3 rings (SSSR count). The number of rotatable bonds is 5. The Morgan fingerprint density at radius 3 is 2.86 bits per heavy atom. The van der Waals surface area contributed by atoms with E-state index in [1.54, 1.807) is 7.11 Å². The van der Waals surface area contributed by atoms with Crippen molar-refractivity contribution >= 4 is 16.6 Å². The van der Waals surface area contributed by atoms with E-state index >= 15 is 0 Å². The van der Waals surface area contributed by atoms with E-state index < -0.39 is 0 Å². The number of methoxy groups -OCH3 is 1. The van der Waals surface area contributed by atoms with Crippen LogP contribution in [0, 0.1) is 0 Å². The first-order chi connectivity index (χ1) is 10.3. The minimum atomic E-state index is 0.382. The molecule has 1 aliphatic rings. The first kappa shape index (κ1) is 14.1. The molecule has 1 unspecified atom stereocenters. The summed E-state index contributed by atoms with van der Waals surface area (Å²) in [6.45, 7) is 5.74. The van der Waals surface area contributed by atoms with Crippen molar-refractivity contribution in [2.24, 2.45) is 0 Å². The van der Waals surface area contributed by atoms with Crippen molar-refractivity contribution in [3.05, 3.63) is 30.5 Å². The summed E-state index contributed by atoms with van der Waals surface area (Å²) in [5.41, 5.74) is 0. The number of ether oxygens (including phenoxy) is 1. The fraction of sp³-hybridized carbons (Fsp3) is 0.471. The third-order valence-corrected chi connectivity index (χ3v) is 4.09. The maximum Gasteiger partial charge on any atom is 0.134 e. The molecule has 4 heteroatoms. The molecule has 112 valence electrons. The first-order valence-electron chi connectivity index (χ1n) is 7.68. The lowest BCUT2D eigenvalue weighted by atomic mass is 10.1. The van der Waals surface area contributed by atoms with Gasteiger partial charge in [0.15, 0.2) is 0 Å². The van der Waals surface area contributed by atoms with Gasteiger partial charge in [0.2, 0.25) is 0 Å². The van der Waals surface area contributed by atoms with E-state index in [0.29, 0.717) is 6.04 Å². The van der Waals surface area contributed by atoms with Gasteiger partial charge in [0.05, 0.1) is 7.11 Å². The quantitative estimate of drug-likeness (QED) is 0.916. The molecule has 0 amide bonds. The number of aromatic nitrogens is 1. The van der Waals surface area contributed by atoms with Gasteiger partial charge in [-0.25, -0.2) is 4.98 Å². The Labute approximate surface area is 126 Å². The van der Waals surface area contributed by atoms with Crippen LogP contribution in [-0.4, -0.2) is 42.7 Å². The molecule has 0 aliphatic carbocycles. The summed E-state index contributed by atoms with van der Waals surface area (Å²) >= 11 is 0. The van der Waals surface area contributed by atoms with Crippen molar-refractivity contribution in [1.29, 1.82) is 0 Å². The van der Waals surface area contributed by atoms with Gasteiger partial charge < -0.3 is 15.0 Å². The number of hydrogen-bond acceptors (Lipinski definition) is 4.